The van der Waals surface area contributed by atoms with Crippen molar-refractivity contribution >= 4 is 16.9 Å². The van der Waals surface area contributed by atoms with E-state index in [-0.39, 0.29) is 5.91 Å². The van der Waals surface area contributed by atoms with E-state index in [1.165, 1.54) is 5.56 Å². The molecule has 0 aliphatic rings. The number of aryl methyl sites for hydroxylation is 4. The first kappa shape index (κ1) is 27.0. The molecule has 0 saturated heterocycles. The number of nitrogens with one attached hydrogen (secondary N) is 1. The number of para-hydroxylation sites is 2. The standard InChI is InChI=1S/C31H37N3O4/c1-22-12-14-27(23(2)19-22)38-18-8-17-34-26-10-6-5-9-25(26)33-30(34)11-7-16-32-31(35)21-24-13-15-28(36-3)29(20-24)37-4/h5-6,9-10,12-15,19-20H,7-8,11,16-18,21H2,1-4H3,(H,32,35). The van der Waals surface area contributed by atoms with Gasteiger partial charge >= 0.3 is 0 Å². The summed E-state index contributed by atoms with van der Waals surface area (Å²) in [7, 11) is 3.19. The first-order valence-corrected chi connectivity index (χ1v) is 13.1. The lowest BCUT2D eigenvalue weighted by molar-refractivity contribution is -0.120. The van der Waals surface area contributed by atoms with Crippen LogP contribution in [0.2, 0.25) is 0 Å². The molecular formula is C31H37N3O4. The van der Waals surface area contributed by atoms with Gasteiger partial charge in [0.05, 0.1) is 38.3 Å². The Bertz CT molecular complexity index is 1380. The van der Waals surface area contributed by atoms with E-state index in [4.69, 9.17) is 19.2 Å². The van der Waals surface area contributed by atoms with E-state index in [0.29, 0.717) is 31.1 Å². The van der Waals surface area contributed by atoms with Crippen molar-refractivity contribution in [1.82, 2.24) is 14.9 Å². The van der Waals surface area contributed by atoms with Crippen LogP contribution in [0, 0.1) is 13.8 Å². The number of hydrogen-bond donors (Lipinski definition) is 1. The van der Waals surface area contributed by atoms with Gasteiger partial charge in [-0.05, 0) is 68.1 Å². The van der Waals surface area contributed by atoms with Crippen molar-refractivity contribution in [2.45, 2.75) is 46.1 Å². The summed E-state index contributed by atoms with van der Waals surface area (Å²) in [6.45, 7) is 6.22. The van der Waals surface area contributed by atoms with E-state index >= 15 is 0 Å². The molecule has 0 atom stereocenters. The number of hydrogen-bond acceptors (Lipinski definition) is 5. The van der Waals surface area contributed by atoms with Crippen LogP contribution in [0.1, 0.15) is 35.4 Å². The summed E-state index contributed by atoms with van der Waals surface area (Å²) in [6.07, 6.45) is 2.76. The van der Waals surface area contributed by atoms with E-state index in [1.54, 1.807) is 14.2 Å². The average molecular weight is 516 g/mol. The molecule has 0 fully saturated rings. The van der Waals surface area contributed by atoms with Gasteiger partial charge in [0, 0.05) is 19.5 Å². The van der Waals surface area contributed by atoms with E-state index in [2.05, 4.69) is 41.9 Å². The van der Waals surface area contributed by atoms with Crippen LogP contribution >= 0.6 is 0 Å². The fourth-order valence-corrected chi connectivity index (χ4v) is 4.64. The number of fused-ring (bicyclic) bond motifs is 1. The molecule has 1 amide bonds. The molecule has 1 heterocycles. The number of nitrogens with zero attached hydrogens (tertiary/aromatic N) is 2. The van der Waals surface area contributed by atoms with Gasteiger partial charge in [-0.3, -0.25) is 4.79 Å². The number of rotatable bonds is 13. The lowest BCUT2D eigenvalue weighted by Crippen LogP contribution is -2.26. The molecule has 0 aliphatic heterocycles. The second-order valence-corrected chi connectivity index (χ2v) is 9.46. The van der Waals surface area contributed by atoms with Gasteiger partial charge in [-0.25, -0.2) is 4.98 Å². The molecule has 3 aromatic carbocycles. The number of aromatic nitrogens is 2. The molecule has 0 bridgehead atoms. The number of methoxy groups -OCH3 is 2. The molecule has 0 spiro atoms. The van der Waals surface area contributed by atoms with Crippen LogP contribution in [0.15, 0.2) is 60.7 Å². The van der Waals surface area contributed by atoms with Crippen molar-refractivity contribution in [3.8, 4) is 17.2 Å². The third-order valence-corrected chi connectivity index (χ3v) is 6.56. The Kier molecular flexibility index (Phi) is 9.25. The second-order valence-electron chi connectivity index (χ2n) is 9.46. The number of carbonyl (C=O) groups excluding carboxylic acids is 1. The maximum atomic E-state index is 12.5. The number of carbonyl (C=O) groups is 1. The quantitative estimate of drug-likeness (QED) is 0.240. The van der Waals surface area contributed by atoms with Gasteiger partial charge in [-0.2, -0.15) is 0 Å². The molecular weight excluding hydrogens is 478 g/mol. The van der Waals surface area contributed by atoms with Crippen molar-refractivity contribution in [2.24, 2.45) is 0 Å². The van der Waals surface area contributed by atoms with Crippen LogP contribution in [0.25, 0.3) is 11.0 Å². The SMILES string of the molecule is COc1ccc(CC(=O)NCCCc2nc3ccccc3n2CCCOc2ccc(C)cc2C)cc1OC. The zero-order valence-electron chi connectivity index (χ0n) is 22.8. The molecule has 4 aromatic rings. The summed E-state index contributed by atoms with van der Waals surface area (Å²) in [5.74, 6) is 3.23. The summed E-state index contributed by atoms with van der Waals surface area (Å²) < 4.78 is 18.9. The zero-order chi connectivity index (χ0) is 26.9. The first-order valence-electron chi connectivity index (χ1n) is 13.1. The minimum Gasteiger partial charge on any atom is -0.493 e. The summed E-state index contributed by atoms with van der Waals surface area (Å²) in [6, 6.07) is 20.0. The Hall–Kier alpha value is -4.00. The lowest BCUT2D eigenvalue weighted by Gasteiger charge is -2.12. The van der Waals surface area contributed by atoms with Crippen molar-refractivity contribution in [2.75, 3.05) is 27.4 Å². The molecule has 200 valence electrons. The molecule has 1 N–H and O–H groups in total. The largest absolute Gasteiger partial charge is 0.493 e. The molecule has 7 heteroatoms. The smallest absolute Gasteiger partial charge is 0.224 e. The highest BCUT2D eigenvalue weighted by Crippen LogP contribution is 2.27. The van der Waals surface area contributed by atoms with Gasteiger partial charge in [-0.1, -0.05) is 35.9 Å². The van der Waals surface area contributed by atoms with Gasteiger partial charge in [-0.15, -0.1) is 0 Å². The van der Waals surface area contributed by atoms with Gasteiger partial charge in [0.1, 0.15) is 11.6 Å². The Balaban J connectivity index is 1.29. The molecule has 0 aliphatic carbocycles. The summed E-state index contributed by atoms with van der Waals surface area (Å²) in [5.41, 5.74) is 5.40. The Labute approximate surface area is 224 Å². The van der Waals surface area contributed by atoms with E-state index in [0.717, 1.165) is 59.5 Å². The van der Waals surface area contributed by atoms with Crippen LogP contribution in [-0.4, -0.2) is 42.8 Å². The van der Waals surface area contributed by atoms with Crippen molar-refractivity contribution in [1.29, 1.82) is 0 Å². The summed E-state index contributed by atoms with van der Waals surface area (Å²) in [5, 5.41) is 3.03. The molecule has 0 saturated carbocycles. The Morgan fingerprint density at radius 3 is 2.50 bits per heavy atom. The van der Waals surface area contributed by atoms with Crippen LogP contribution in [-0.2, 0) is 24.2 Å². The summed E-state index contributed by atoms with van der Waals surface area (Å²) in [4.78, 5) is 17.4. The number of benzene rings is 3. The first-order chi connectivity index (χ1) is 18.5. The fourth-order valence-electron chi connectivity index (χ4n) is 4.64. The highest BCUT2D eigenvalue weighted by Gasteiger charge is 2.12. The highest BCUT2D eigenvalue weighted by atomic mass is 16.5. The molecule has 0 radical (unpaired) electrons. The maximum Gasteiger partial charge on any atom is 0.224 e. The highest BCUT2D eigenvalue weighted by molar-refractivity contribution is 5.79. The van der Waals surface area contributed by atoms with Crippen molar-refractivity contribution in [3.05, 3.63) is 83.2 Å². The topological polar surface area (TPSA) is 74.6 Å². The predicted octanol–water partition coefficient (Wildman–Crippen LogP) is 5.43. The third-order valence-electron chi connectivity index (χ3n) is 6.56. The second kappa shape index (κ2) is 13.0. The lowest BCUT2D eigenvalue weighted by atomic mass is 10.1. The zero-order valence-corrected chi connectivity index (χ0v) is 22.8. The summed E-state index contributed by atoms with van der Waals surface area (Å²) >= 11 is 0. The number of ether oxygens (including phenoxy) is 3. The van der Waals surface area contributed by atoms with Crippen LogP contribution in [0.4, 0.5) is 0 Å². The molecule has 0 unspecified atom stereocenters. The van der Waals surface area contributed by atoms with Crippen LogP contribution in [0.5, 0.6) is 17.2 Å². The van der Waals surface area contributed by atoms with E-state index in [9.17, 15) is 4.79 Å². The van der Waals surface area contributed by atoms with Crippen molar-refractivity contribution < 1.29 is 19.0 Å². The molecule has 7 nitrogen and oxygen atoms in total. The number of amides is 1. The normalized spacial score (nSPS) is 10.9. The monoisotopic (exact) mass is 515 g/mol. The fraction of sp³-hybridized carbons (Fsp3) is 0.355. The minimum absolute atomic E-state index is 0.0192. The van der Waals surface area contributed by atoms with Gasteiger partial charge in [0.25, 0.3) is 0 Å². The van der Waals surface area contributed by atoms with E-state index in [1.807, 2.05) is 42.5 Å². The average Bonchev–Trinajstić information content (AvgIpc) is 3.27. The molecule has 1 aromatic heterocycles. The third kappa shape index (κ3) is 6.85. The van der Waals surface area contributed by atoms with Crippen LogP contribution < -0.4 is 19.5 Å². The Morgan fingerprint density at radius 2 is 1.71 bits per heavy atom. The van der Waals surface area contributed by atoms with E-state index < -0.39 is 0 Å². The molecule has 38 heavy (non-hydrogen) atoms. The maximum absolute atomic E-state index is 12.5. The molecule has 4 rings (SSSR count). The van der Waals surface area contributed by atoms with Gasteiger partial charge in [0.2, 0.25) is 5.91 Å². The van der Waals surface area contributed by atoms with Crippen LogP contribution in [0.3, 0.4) is 0 Å². The van der Waals surface area contributed by atoms with Crippen molar-refractivity contribution in [3.63, 3.8) is 0 Å². The predicted molar refractivity (Wildman–Crippen MR) is 150 cm³/mol. The van der Waals surface area contributed by atoms with Gasteiger partial charge < -0.3 is 24.1 Å². The van der Waals surface area contributed by atoms with Gasteiger partial charge in [0.15, 0.2) is 11.5 Å². The Morgan fingerprint density at radius 1 is 0.921 bits per heavy atom. The minimum atomic E-state index is -0.0192. The number of imidazole rings is 1.